The minimum absolute atomic E-state index is 0. The van der Waals surface area contributed by atoms with Crippen molar-refractivity contribution in [1.82, 2.24) is 0 Å². The summed E-state index contributed by atoms with van der Waals surface area (Å²) in [6.45, 7) is 0. The first-order valence-electron chi connectivity index (χ1n) is 2.28. The van der Waals surface area contributed by atoms with E-state index in [4.69, 9.17) is 24.5 Å². The Morgan fingerprint density at radius 3 is 1.07 bits per heavy atom. The molecule has 0 aromatic carbocycles. The lowest BCUT2D eigenvalue weighted by Gasteiger charge is -2.11. The quantitative estimate of drug-likeness (QED) is 0.270. The van der Waals surface area contributed by atoms with Crippen LogP contribution in [0.25, 0.3) is 0 Å². The molecule has 0 fully saturated rings. The summed E-state index contributed by atoms with van der Waals surface area (Å²) in [6, 6.07) is 0. The van der Waals surface area contributed by atoms with Crippen molar-refractivity contribution in [2.45, 2.75) is 0 Å². The number of hydrogen-bond donors (Lipinski definition) is 5. The third-order valence-corrected chi connectivity index (χ3v) is 3.77. The third kappa shape index (κ3) is 15.7. The topological polar surface area (TPSA) is 171 Å². The highest BCUT2D eigenvalue weighted by atomic mass is 31.3. The second-order valence-corrected chi connectivity index (χ2v) is 5.82. The van der Waals surface area contributed by atoms with E-state index in [-0.39, 0.29) is 40.4 Å². The van der Waals surface area contributed by atoms with E-state index in [0.29, 0.717) is 0 Å². The van der Waals surface area contributed by atoms with Crippen LogP contribution in [0.3, 0.4) is 0 Å². The zero-order valence-corrected chi connectivity index (χ0v) is 8.30. The smallest absolute Gasteiger partial charge is 0.302 e. The molecule has 0 amide bonds. The molecule has 5 N–H and O–H groups in total. The van der Waals surface area contributed by atoms with Crippen molar-refractivity contribution < 1.29 is 46.8 Å². The van der Waals surface area contributed by atoms with E-state index >= 15 is 0 Å². The molecule has 90 valence electrons. The van der Waals surface area contributed by atoms with E-state index in [1.807, 2.05) is 0 Å². The molecule has 0 heterocycles. The van der Waals surface area contributed by atoms with Crippen LogP contribution < -0.4 is 0 Å². The first kappa shape index (κ1) is 21.9. The van der Waals surface area contributed by atoms with Crippen molar-refractivity contribution >= 4 is 63.9 Å². The summed E-state index contributed by atoms with van der Waals surface area (Å²) in [4.78, 5) is 40.2. The molecule has 0 aliphatic rings. The number of rotatable bonds is 4. The molecule has 0 saturated carbocycles. The van der Waals surface area contributed by atoms with Crippen molar-refractivity contribution in [2.75, 3.05) is 0 Å². The SMILES string of the molecule is O=P(O)(O)OP(=O)(O)OP(=O)(O)O.[AlH3].[MgH2]. The van der Waals surface area contributed by atoms with Gasteiger partial charge in [0.15, 0.2) is 17.4 Å². The van der Waals surface area contributed by atoms with Gasteiger partial charge in [0, 0.05) is 0 Å². The van der Waals surface area contributed by atoms with Gasteiger partial charge in [-0.3, -0.25) is 0 Å². The summed E-state index contributed by atoms with van der Waals surface area (Å²) < 4.78 is 36.4. The van der Waals surface area contributed by atoms with Crippen LogP contribution in [0.5, 0.6) is 0 Å². The first-order valence-corrected chi connectivity index (χ1v) is 6.83. The minimum atomic E-state index is -5.46. The van der Waals surface area contributed by atoms with E-state index in [1.54, 1.807) is 0 Å². The van der Waals surface area contributed by atoms with Crippen LogP contribution in [0.1, 0.15) is 0 Å². The Kier molecular flexibility index (Phi) is 10.5. The van der Waals surface area contributed by atoms with Gasteiger partial charge in [0.1, 0.15) is 0 Å². The van der Waals surface area contributed by atoms with Crippen molar-refractivity contribution in [2.24, 2.45) is 0 Å². The van der Waals surface area contributed by atoms with Gasteiger partial charge < -0.3 is 24.5 Å². The van der Waals surface area contributed by atoms with Crippen LogP contribution >= 0.6 is 23.5 Å². The molecule has 15 heteroatoms. The largest absolute Gasteiger partial charge is 0.490 e. The van der Waals surface area contributed by atoms with Crippen LogP contribution in [-0.4, -0.2) is 64.9 Å². The second kappa shape index (κ2) is 7.21. The zero-order valence-electron chi connectivity index (χ0n) is 5.62. The van der Waals surface area contributed by atoms with Crippen LogP contribution in [0.4, 0.5) is 0 Å². The molecule has 0 bridgehead atoms. The molecule has 0 aliphatic carbocycles. The zero-order chi connectivity index (χ0) is 10.9. The monoisotopic (exact) mass is 314 g/mol. The lowest BCUT2D eigenvalue weighted by atomic mass is 15.7. The number of phosphoric acid groups is 3. The molecular weight excluding hydrogens is 304 g/mol. The van der Waals surface area contributed by atoms with Crippen LogP contribution in [-0.2, 0) is 22.3 Å². The van der Waals surface area contributed by atoms with Crippen molar-refractivity contribution in [3.63, 3.8) is 0 Å². The Morgan fingerprint density at radius 1 is 0.733 bits per heavy atom. The molecular formula is H10AlMgO10P3. The summed E-state index contributed by atoms with van der Waals surface area (Å²) >= 11 is 0. The maximum Gasteiger partial charge on any atom is 0.490 e. The Labute approximate surface area is 110 Å². The summed E-state index contributed by atoms with van der Waals surface area (Å²) in [5, 5.41) is 0. The second-order valence-electron chi connectivity index (χ2n) is 1.61. The van der Waals surface area contributed by atoms with E-state index in [1.165, 1.54) is 0 Å². The van der Waals surface area contributed by atoms with Gasteiger partial charge in [0.25, 0.3) is 0 Å². The van der Waals surface area contributed by atoms with E-state index in [2.05, 4.69) is 8.62 Å². The predicted molar refractivity (Wildman–Crippen MR) is 54.6 cm³/mol. The van der Waals surface area contributed by atoms with E-state index < -0.39 is 23.5 Å². The van der Waals surface area contributed by atoms with E-state index in [0.717, 1.165) is 0 Å². The normalized spacial score (nSPS) is 12.6. The van der Waals surface area contributed by atoms with Crippen molar-refractivity contribution in [3.8, 4) is 0 Å². The molecule has 0 aliphatic heterocycles. The van der Waals surface area contributed by atoms with Crippen LogP contribution in [0, 0.1) is 0 Å². The molecule has 0 saturated heterocycles. The lowest BCUT2D eigenvalue weighted by molar-refractivity contribution is 0.204. The van der Waals surface area contributed by atoms with Crippen LogP contribution in [0.15, 0.2) is 0 Å². The Morgan fingerprint density at radius 2 is 0.933 bits per heavy atom. The van der Waals surface area contributed by atoms with Gasteiger partial charge in [-0.15, -0.1) is 0 Å². The summed E-state index contributed by atoms with van der Waals surface area (Å²) in [7, 11) is -16.2. The molecule has 0 aromatic rings. The first-order chi connectivity index (χ1) is 5.41. The third-order valence-electron chi connectivity index (χ3n) is 0.419. The number of hydrogen-bond acceptors (Lipinski definition) is 5. The van der Waals surface area contributed by atoms with Gasteiger partial charge in [-0.25, -0.2) is 13.7 Å². The summed E-state index contributed by atoms with van der Waals surface area (Å²) in [5.74, 6) is 0. The Balaban J connectivity index is -0.000000720. The molecule has 15 heavy (non-hydrogen) atoms. The lowest BCUT2D eigenvalue weighted by Crippen LogP contribution is -1.91. The maximum absolute atomic E-state index is 10.4. The molecule has 0 radical (unpaired) electrons. The van der Waals surface area contributed by atoms with Gasteiger partial charge in [-0.1, -0.05) is 0 Å². The van der Waals surface area contributed by atoms with Gasteiger partial charge >= 0.3 is 46.5 Å². The molecule has 10 nitrogen and oxygen atoms in total. The molecule has 0 rings (SSSR count). The van der Waals surface area contributed by atoms with Gasteiger partial charge in [0.2, 0.25) is 0 Å². The Bertz CT molecular complexity index is 283. The van der Waals surface area contributed by atoms with Crippen molar-refractivity contribution in [1.29, 1.82) is 0 Å². The average Bonchev–Trinajstić information content (AvgIpc) is 1.43. The predicted octanol–water partition coefficient (Wildman–Crippen LogP) is -2.79. The highest BCUT2D eigenvalue weighted by Crippen LogP contribution is 2.64. The standard InChI is InChI=1S/Al.Mg.H5O10P3.5H/c;;1-11(2,3)9-13(7,8)10-12(4,5)6;;;;;/h;;(H,7,8)(H2,1,2,3)(H2,4,5,6);;;;;. The molecule has 0 atom stereocenters. The fourth-order valence-corrected chi connectivity index (χ4v) is 2.82. The molecule has 0 unspecified atom stereocenters. The minimum Gasteiger partial charge on any atom is -0.302 e. The van der Waals surface area contributed by atoms with Gasteiger partial charge in [-0.2, -0.15) is 8.62 Å². The van der Waals surface area contributed by atoms with E-state index in [9.17, 15) is 13.7 Å². The highest BCUT2D eigenvalue weighted by molar-refractivity contribution is 7.66. The van der Waals surface area contributed by atoms with Crippen LogP contribution in [0.2, 0.25) is 0 Å². The van der Waals surface area contributed by atoms with Gasteiger partial charge in [-0.05, 0) is 0 Å². The molecule has 0 spiro atoms. The fraction of sp³-hybridized carbons (Fsp3) is 0. The van der Waals surface area contributed by atoms with Crippen molar-refractivity contribution in [3.05, 3.63) is 0 Å². The summed E-state index contributed by atoms with van der Waals surface area (Å²) in [6.07, 6.45) is 0. The average molecular weight is 314 g/mol. The van der Waals surface area contributed by atoms with Gasteiger partial charge in [0.05, 0.1) is 0 Å². The highest BCUT2D eigenvalue weighted by Gasteiger charge is 2.38. The Hall–Kier alpha value is 1.71. The molecule has 0 aromatic heterocycles. The maximum atomic E-state index is 10.4. The fourth-order valence-electron chi connectivity index (χ4n) is 0.284. The summed E-state index contributed by atoms with van der Waals surface area (Å²) in [5.41, 5.74) is 0.